The van der Waals surface area contributed by atoms with Crippen LogP contribution in [0.25, 0.3) is 0 Å². The summed E-state index contributed by atoms with van der Waals surface area (Å²) in [5.41, 5.74) is 0. The molecule has 1 heterocycles. The minimum atomic E-state index is -3.30. The number of piperidine rings is 1. The van der Waals surface area contributed by atoms with Gasteiger partial charge >= 0.3 is 0 Å². The van der Waals surface area contributed by atoms with Crippen LogP contribution in [0.2, 0.25) is 0 Å². The van der Waals surface area contributed by atoms with Gasteiger partial charge in [0, 0.05) is 25.7 Å². The van der Waals surface area contributed by atoms with Gasteiger partial charge in [-0.25, -0.2) is 4.72 Å². The maximum Gasteiger partial charge on any atom is 0.279 e. The Morgan fingerprint density at radius 1 is 1.19 bits per heavy atom. The van der Waals surface area contributed by atoms with Gasteiger partial charge in [0.1, 0.15) is 0 Å². The van der Waals surface area contributed by atoms with Crippen molar-refractivity contribution in [2.24, 2.45) is 11.8 Å². The minimum absolute atomic E-state index is 0.442. The van der Waals surface area contributed by atoms with Gasteiger partial charge in [-0.05, 0) is 44.1 Å². The molecule has 2 rings (SSSR count). The molecule has 1 aliphatic heterocycles. The van der Waals surface area contributed by atoms with Gasteiger partial charge in [-0.2, -0.15) is 12.7 Å². The third-order valence-electron chi connectivity index (χ3n) is 4.80. The van der Waals surface area contributed by atoms with Crippen molar-refractivity contribution in [3.63, 3.8) is 0 Å². The third kappa shape index (κ3) is 5.51. The van der Waals surface area contributed by atoms with E-state index >= 15 is 0 Å². The predicted octanol–water partition coefficient (Wildman–Crippen LogP) is 1.72. The Labute approximate surface area is 130 Å². The van der Waals surface area contributed by atoms with E-state index in [0.717, 1.165) is 32.2 Å². The number of nitrogens with one attached hydrogen (secondary N) is 2. The van der Waals surface area contributed by atoms with Crippen molar-refractivity contribution in [1.82, 2.24) is 14.3 Å². The maximum absolute atomic E-state index is 12.4. The summed E-state index contributed by atoms with van der Waals surface area (Å²) in [7, 11) is -3.30. The van der Waals surface area contributed by atoms with E-state index in [1.165, 1.54) is 12.8 Å². The standard InChI is InChI=1S/C15H31N3O2S/c1-3-13(4-2)11-17-21(19,20)18-9-5-6-14(12-18)10-16-15-7-8-15/h13-17H,3-12H2,1-2H3. The smallest absolute Gasteiger partial charge is 0.279 e. The number of nitrogens with zero attached hydrogens (tertiary/aromatic N) is 1. The summed E-state index contributed by atoms with van der Waals surface area (Å²) >= 11 is 0. The Bertz CT molecular complexity index is 405. The molecule has 1 saturated carbocycles. The summed E-state index contributed by atoms with van der Waals surface area (Å²) in [5.74, 6) is 0.904. The molecule has 1 atom stereocenters. The highest BCUT2D eigenvalue weighted by Gasteiger charge is 2.30. The van der Waals surface area contributed by atoms with E-state index in [1.807, 2.05) is 0 Å². The second-order valence-electron chi connectivity index (χ2n) is 6.58. The SMILES string of the molecule is CCC(CC)CNS(=O)(=O)N1CCCC(CNC2CC2)C1. The molecule has 5 nitrogen and oxygen atoms in total. The molecule has 2 aliphatic rings. The van der Waals surface area contributed by atoms with E-state index in [2.05, 4.69) is 23.9 Å². The summed E-state index contributed by atoms with van der Waals surface area (Å²) in [6.45, 7) is 7.09. The molecule has 0 aromatic rings. The number of hydrogen-bond acceptors (Lipinski definition) is 3. The second kappa shape index (κ2) is 7.90. The van der Waals surface area contributed by atoms with E-state index in [0.29, 0.717) is 37.5 Å². The Hall–Kier alpha value is -0.170. The zero-order valence-corrected chi connectivity index (χ0v) is 14.3. The van der Waals surface area contributed by atoms with Gasteiger partial charge in [0.2, 0.25) is 0 Å². The molecule has 124 valence electrons. The Kier molecular flexibility index (Phi) is 6.47. The van der Waals surface area contributed by atoms with E-state index in [9.17, 15) is 8.42 Å². The topological polar surface area (TPSA) is 61.4 Å². The molecule has 0 radical (unpaired) electrons. The summed E-state index contributed by atoms with van der Waals surface area (Å²) in [5, 5.41) is 3.52. The molecule has 1 aliphatic carbocycles. The van der Waals surface area contributed by atoms with Crippen LogP contribution in [0.15, 0.2) is 0 Å². The van der Waals surface area contributed by atoms with Gasteiger partial charge in [-0.15, -0.1) is 0 Å². The van der Waals surface area contributed by atoms with Crippen molar-refractivity contribution in [3.8, 4) is 0 Å². The van der Waals surface area contributed by atoms with Gasteiger partial charge in [-0.1, -0.05) is 26.7 Å². The molecule has 0 aromatic heterocycles. The van der Waals surface area contributed by atoms with Crippen molar-refractivity contribution in [3.05, 3.63) is 0 Å². The van der Waals surface area contributed by atoms with Crippen LogP contribution in [0, 0.1) is 11.8 Å². The van der Waals surface area contributed by atoms with Crippen LogP contribution < -0.4 is 10.0 Å². The summed E-state index contributed by atoms with van der Waals surface area (Å²) in [4.78, 5) is 0. The van der Waals surface area contributed by atoms with E-state index in [1.54, 1.807) is 4.31 Å². The zero-order chi connectivity index (χ0) is 15.3. The van der Waals surface area contributed by atoms with Crippen LogP contribution in [0.4, 0.5) is 0 Å². The molecule has 1 saturated heterocycles. The van der Waals surface area contributed by atoms with Crippen LogP contribution in [-0.4, -0.2) is 44.9 Å². The third-order valence-corrected chi connectivity index (χ3v) is 6.35. The zero-order valence-electron chi connectivity index (χ0n) is 13.5. The van der Waals surface area contributed by atoms with Crippen LogP contribution in [0.5, 0.6) is 0 Å². The number of rotatable bonds is 9. The highest BCUT2D eigenvalue weighted by atomic mass is 32.2. The molecule has 0 aromatic carbocycles. The maximum atomic E-state index is 12.4. The molecule has 2 N–H and O–H groups in total. The molecule has 2 fully saturated rings. The lowest BCUT2D eigenvalue weighted by atomic mass is 10.00. The van der Waals surface area contributed by atoms with E-state index < -0.39 is 10.2 Å². The molecule has 0 spiro atoms. The Morgan fingerprint density at radius 3 is 2.52 bits per heavy atom. The largest absolute Gasteiger partial charge is 0.314 e. The molecule has 0 bridgehead atoms. The number of hydrogen-bond donors (Lipinski definition) is 2. The van der Waals surface area contributed by atoms with Crippen molar-refractivity contribution < 1.29 is 8.42 Å². The molecule has 21 heavy (non-hydrogen) atoms. The van der Waals surface area contributed by atoms with Crippen molar-refractivity contribution >= 4 is 10.2 Å². The first-order valence-corrected chi connectivity index (χ1v) is 9.97. The lowest BCUT2D eigenvalue weighted by Gasteiger charge is -2.32. The van der Waals surface area contributed by atoms with Crippen LogP contribution in [0.3, 0.4) is 0 Å². The summed E-state index contributed by atoms with van der Waals surface area (Å²) in [6.07, 6.45) is 6.72. The fourth-order valence-electron chi connectivity index (χ4n) is 2.92. The Balaban J connectivity index is 1.80. The van der Waals surface area contributed by atoms with Crippen molar-refractivity contribution in [1.29, 1.82) is 0 Å². The quantitative estimate of drug-likeness (QED) is 0.681. The average molecular weight is 317 g/mol. The van der Waals surface area contributed by atoms with Gasteiger partial charge < -0.3 is 5.32 Å². The minimum Gasteiger partial charge on any atom is -0.314 e. The van der Waals surface area contributed by atoms with E-state index in [-0.39, 0.29) is 0 Å². The first-order chi connectivity index (χ1) is 10.0. The fourth-order valence-corrected chi connectivity index (χ4v) is 4.33. The predicted molar refractivity (Wildman–Crippen MR) is 86.3 cm³/mol. The van der Waals surface area contributed by atoms with E-state index in [4.69, 9.17) is 0 Å². The second-order valence-corrected chi connectivity index (χ2v) is 8.34. The highest BCUT2D eigenvalue weighted by molar-refractivity contribution is 7.87. The Morgan fingerprint density at radius 2 is 1.90 bits per heavy atom. The average Bonchev–Trinajstić information content (AvgIpc) is 3.31. The lowest BCUT2D eigenvalue weighted by Crippen LogP contribution is -2.48. The van der Waals surface area contributed by atoms with Crippen molar-refractivity contribution in [2.45, 2.75) is 58.4 Å². The van der Waals surface area contributed by atoms with Crippen LogP contribution in [0.1, 0.15) is 52.4 Å². The fraction of sp³-hybridized carbons (Fsp3) is 1.00. The molecule has 1 unspecified atom stereocenters. The van der Waals surface area contributed by atoms with Crippen LogP contribution in [-0.2, 0) is 10.2 Å². The molecule has 0 amide bonds. The lowest BCUT2D eigenvalue weighted by molar-refractivity contribution is 0.256. The summed E-state index contributed by atoms with van der Waals surface area (Å²) in [6, 6.07) is 0.699. The van der Waals surface area contributed by atoms with Gasteiger partial charge in [0.15, 0.2) is 0 Å². The first kappa shape index (κ1) is 17.2. The molecular formula is C15H31N3O2S. The molecule has 6 heteroatoms. The molecular weight excluding hydrogens is 286 g/mol. The van der Waals surface area contributed by atoms with Gasteiger partial charge in [-0.3, -0.25) is 0 Å². The van der Waals surface area contributed by atoms with Crippen molar-refractivity contribution in [2.75, 3.05) is 26.2 Å². The monoisotopic (exact) mass is 317 g/mol. The van der Waals surface area contributed by atoms with Gasteiger partial charge in [0.25, 0.3) is 10.2 Å². The first-order valence-electron chi connectivity index (χ1n) is 8.53. The normalized spacial score (nSPS) is 24.6. The summed E-state index contributed by atoms with van der Waals surface area (Å²) < 4.78 is 29.3. The van der Waals surface area contributed by atoms with Crippen LogP contribution >= 0.6 is 0 Å². The highest BCUT2D eigenvalue weighted by Crippen LogP contribution is 2.22. The van der Waals surface area contributed by atoms with Gasteiger partial charge in [0.05, 0.1) is 0 Å².